The van der Waals surface area contributed by atoms with Gasteiger partial charge in [-0.2, -0.15) is 4.98 Å². The van der Waals surface area contributed by atoms with Gasteiger partial charge in [-0.3, -0.25) is 0 Å². The molecule has 0 radical (unpaired) electrons. The van der Waals surface area contributed by atoms with Crippen molar-refractivity contribution in [1.29, 1.82) is 0 Å². The summed E-state index contributed by atoms with van der Waals surface area (Å²) in [6.07, 6.45) is 2.25. The fourth-order valence-electron chi connectivity index (χ4n) is 3.02. The normalized spacial score (nSPS) is 23.4. The van der Waals surface area contributed by atoms with Crippen molar-refractivity contribution in [2.75, 3.05) is 6.54 Å². The van der Waals surface area contributed by atoms with Gasteiger partial charge in [-0.1, -0.05) is 25.1 Å². The van der Waals surface area contributed by atoms with Crippen LogP contribution in [-0.4, -0.2) is 16.7 Å². The summed E-state index contributed by atoms with van der Waals surface area (Å²) in [5.41, 5.74) is 4.14. The summed E-state index contributed by atoms with van der Waals surface area (Å²) in [6, 6.07) is 6.47. The maximum absolute atomic E-state index is 5.45. The summed E-state index contributed by atoms with van der Waals surface area (Å²) in [4.78, 5) is 4.59. The Labute approximate surface area is 118 Å². The minimum Gasteiger partial charge on any atom is -0.334 e. The SMILES string of the molecule is CC1(C)CC1c1noc(-c2ccc3c(c2)CNCC3)n1. The second kappa shape index (κ2) is 4.16. The van der Waals surface area contributed by atoms with Gasteiger partial charge in [0.25, 0.3) is 5.89 Å². The first-order valence-corrected chi connectivity index (χ1v) is 7.30. The van der Waals surface area contributed by atoms with E-state index in [0.717, 1.165) is 37.3 Å². The molecule has 0 saturated heterocycles. The van der Waals surface area contributed by atoms with Crippen LogP contribution in [0, 0.1) is 5.41 Å². The van der Waals surface area contributed by atoms with E-state index < -0.39 is 0 Å². The smallest absolute Gasteiger partial charge is 0.257 e. The Bertz CT molecular complexity index is 659. The molecule has 1 aromatic carbocycles. The van der Waals surface area contributed by atoms with Gasteiger partial charge in [-0.25, -0.2) is 0 Å². The number of nitrogens with one attached hydrogen (secondary N) is 1. The number of nitrogens with zero attached hydrogens (tertiary/aromatic N) is 2. The molecule has 104 valence electrons. The Hall–Kier alpha value is -1.68. The molecule has 1 aromatic heterocycles. The van der Waals surface area contributed by atoms with E-state index in [1.807, 2.05) is 0 Å². The molecule has 2 heterocycles. The van der Waals surface area contributed by atoms with Gasteiger partial charge in [0.2, 0.25) is 0 Å². The van der Waals surface area contributed by atoms with Crippen LogP contribution in [0.5, 0.6) is 0 Å². The quantitative estimate of drug-likeness (QED) is 0.910. The monoisotopic (exact) mass is 269 g/mol. The topological polar surface area (TPSA) is 51.0 Å². The minimum absolute atomic E-state index is 0.334. The Balaban J connectivity index is 1.64. The summed E-state index contributed by atoms with van der Waals surface area (Å²) >= 11 is 0. The molecule has 20 heavy (non-hydrogen) atoms. The van der Waals surface area contributed by atoms with E-state index in [1.54, 1.807) is 0 Å². The molecular weight excluding hydrogens is 250 g/mol. The lowest BCUT2D eigenvalue weighted by atomic mass is 9.98. The molecule has 1 unspecified atom stereocenters. The Morgan fingerprint density at radius 3 is 2.95 bits per heavy atom. The van der Waals surface area contributed by atoms with Gasteiger partial charge >= 0.3 is 0 Å². The number of hydrogen-bond acceptors (Lipinski definition) is 4. The molecule has 1 atom stereocenters. The lowest BCUT2D eigenvalue weighted by molar-refractivity contribution is 0.419. The van der Waals surface area contributed by atoms with E-state index in [1.165, 1.54) is 11.1 Å². The summed E-state index contributed by atoms with van der Waals surface area (Å²) in [6.45, 7) is 6.49. The largest absolute Gasteiger partial charge is 0.334 e. The zero-order valence-electron chi connectivity index (χ0n) is 11.9. The average Bonchev–Trinajstić information content (AvgIpc) is 2.90. The third kappa shape index (κ3) is 1.95. The van der Waals surface area contributed by atoms with E-state index >= 15 is 0 Å². The number of hydrogen-bond donors (Lipinski definition) is 1. The lowest BCUT2D eigenvalue weighted by Crippen LogP contribution is -2.23. The van der Waals surface area contributed by atoms with Gasteiger partial charge in [0.15, 0.2) is 5.82 Å². The molecule has 1 N–H and O–H groups in total. The van der Waals surface area contributed by atoms with Crippen molar-refractivity contribution in [3.05, 3.63) is 35.2 Å². The van der Waals surface area contributed by atoms with Crippen LogP contribution in [-0.2, 0) is 13.0 Å². The highest BCUT2D eigenvalue weighted by molar-refractivity contribution is 5.56. The highest BCUT2D eigenvalue weighted by atomic mass is 16.5. The van der Waals surface area contributed by atoms with E-state index in [-0.39, 0.29) is 0 Å². The second-order valence-electron chi connectivity index (χ2n) is 6.61. The van der Waals surface area contributed by atoms with E-state index in [9.17, 15) is 0 Å². The van der Waals surface area contributed by atoms with Crippen molar-refractivity contribution in [3.63, 3.8) is 0 Å². The minimum atomic E-state index is 0.334. The number of fused-ring (bicyclic) bond motifs is 1. The summed E-state index contributed by atoms with van der Waals surface area (Å²) in [5.74, 6) is 1.97. The maximum Gasteiger partial charge on any atom is 0.257 e. The van der Waals surface area contributed by atoms with Crippen LogP contribution in [0.3, 0.4) is 0 Å². The van der Waals surface area contributed by atoms with Gasteiger partial charge in [0, 0.05) is 18.0 Å². The molecule has 1 fully saturated rings. The maximum atomic E-state index is 5.45. The third-order valence-corrected chi connectivity index (χ3v) is 4.61. The van der Waals surface area contributed by atoms with Crippen molar-refractivity contribution in [2.45, 2.75) is 39.2 Å². The Morgan fingerprint density at radius 2 is 2.15 bits per heavy atom. The Morgan fingerprint density at radius 1 is 1.30 bits per heavy atom. The van der Waals surface area contributed by atoms with Gasteiger partial charge in [0.05, 0.1) is 0 Å². The lowest BCUT2D eigenvalue weighted by Gasteiger charge is -2.17. The summed E-state index contributed by atoms with van der Waals surface area (Å²) in [7, 11) is 0. The molecule has 2 aliphatic rings. The van der Waals surface area contributed by atoms with E-state index in [0.29, 0.717) is 17.2 Å². The summed E-state index contributed by atoms with van der Waals surface area (Å²) in [5, 5.41) is 7.56. The van der Waals surface area contributed by atoms with Gasteiger partial charge < -0.3 is 9.84 Å². The van der Waals surface area contributed by atoms with Crippen LogP contribution in [0.25, 0.3) is 11.5 Å². The predicted octanol–water partition coefficient (Wildman–Crippen LogP) is 2.90. The zero-order chi connectivity index (χ0) is 13.7. The highest BCUT2D eigenvalue weighted by Crippen LogP contribution is 2.57. The first-order chi connectivity index (χ1) is 9.63. The fraction of sp³-hybridized carbons (Fsp3) is 0.500. The van der Waals surface area contributed by atoms with Crippen LogP contribution in [0.15, 0.2) is 22.7 Å². The molecule has 1 saturated carbocycles. The highest BCUT2D eigenvalue weighted by Gasteiger charge is 2.49. The van der Waals surface area contributed by atoms with Crippen LogP contribution in [0.4, 0.5) is 0 Å². The molecule has 4 heteroatoms. The number of benzene rings is 1. The van der Waals surface area contributed by atoms with E-state index in [4.69, 9.17) is 4.52 Å². The second-order valence-corrected chi connectivity index (χ2v) is 6.61. The van der Waals surface area contributed by atoms with Crippen molar-refractivity contribution >= 4 is 0 Å². The van der Waals surface area contributed by atoms with Crippen LogP contribution in [0.2, 0.25) is 0 Å². The fourth-order valence-corrected chi connectivity index (χ4v) is 3.02. The predicted molar refractivity (Wildman–Crippen MR) is 76.3 cm³/mol. The van der Waals surface area contributed by atoms with Crippen LogP contribution < -0.4 is 5.32 Å². The van der Waals surface area contributed by atoms with Gasteiger partial charge in [-0.05, 0) is 48.1 Å². The molecule has 1 aliphatic carbocycles. The molecular formula is C16H19N3O. The number of rotatable bonds is 2. The Kier molecular flexibility index (Phi) is 2.51. The van der Waals surface area contributed by atoms with Crippen molar-refractivity contribution in [2.24, 2.45) is 5.41 Å². The standard InChI is InChI=1S/C16H19N3O/c1-16(2)8-13(16)14-18-15(20-19-14)11-4-3-10-5-6-17-9-12(10)7-11/h3-4,7,13,17H,5-6,8-9H2,1-2H3. The number of aromatic nitrogens is 2. The first kappa shape index (κ1) is 12.1. The van der Waals surface area contributed by atoms with Crippen LogP contribution in [0.1, 0.15) is 43.1 Å². The third-order valence-electron chi connectivity index (χ3n) is 4.61. The van der Waals surface area contributed by atoms with Crippen molar-refractivity contribution in [1.82, 2.24) is 15.5 Å². The molecule has 0 spiro atoms. The molecule has 2 aromatic rings. The molecule has 4 nitrogen and oxygen atoms in total. The molecule has 1 aliphatic heterocycles. The van der Waals surface area contributed by atoms with Crippen LogP contribution >= 0.6 is 0 Å². The van der Waals surface area contributed by atoms with Crippen molar-refractivity contribution in [3.8, 4) is 11.5 Å². The molecule has 0 bridgehead atoms. The zero-order valence-corrected chi connectivity index (χ0v) is 11.9. The first-order valence-electron chi connectivity index (χ1n) is 7.30. The summed E-state index contributed by atoms with van der Waals surface area (Å²) < 4.78 is 5.45. The average molecular weight is 269 g/mol. The van der Waals surface area contributed by atoms with Crippen molar-refractivity contribution < 1.29 is 4.52 Å². The molecule has 4 rings (SSSR count). The van der Waals surface area contributed by atoms with Gasteiger partial charge in [0.1, 0.15) is 0 Å². The van der Waals surface area contributed by atoms with E-state index in [2.05, 4.69) is 47.5 Å². The molecule has 0 amide bonds. The van der Waals surface area contributed by atoms with Gasteiger partial charge in [-0.15, -0.1) is 0 Å².